The molecule has 1 N–H and O–H groups in total. The van der Waals surface area contributed by atoms with Crippen molar-refractivity contribution < 1.29 is 13.2 Å². The Labute approximate surface area is 184 Å². The van der Waals surface area contributed by atoms with Gasteiger partial charge in [0.1, 0.15) is 5.69 Å². The molecule has 10 heteroatoms. The molecule has 3 aromatic heterocycles. The van der Waals surface area contributed by atoms with E-state index in [0.717, 1.165) is 26.2 Å². The zero-order valence-electron chi connectivity index (χ0n) is 17.3. The van der Waals surface area contributed by atoms with Crippen LogP contribution in [0, 0.1) is 0 Å². The lowest BCUT2D eigenvalue weighted by atomic mass is 10.1. The Kier molecular flexibility index (Phi) is 4.86. The van der Waals surface area contributed by atoms with Gasteiger partial charge in [0.15, 0.2) is 0 Å². The van der Waals surface area contributed by atoms with Crippen molar-refractivity contribution in [3.8, 4) is 0 Å². The Hall–Kier alpha value is -3.79. The van der Waals surface area contributed by atoms with Gasteiger partial charge in [-0.2, -0.15) is 17.6 Å². The number of benzene rings is 1. The number of fused-ring (bicyclic) bond motifs is 2. The third-order valence-corrected chi connectivity index (χ3v) is 7.20. The van der Waals surface area contributed by atoms with Crippen LogP contribution in [0.15, 0.2) is 66.0 Å². The molecule has 4 aromatic rings. The van der Waals surface area contributed by atoms with Crippen molar-refractivity contribution in [2.45, 2.75) is 17.9 Å². The standard InChI is InChI=1S/C22H20N6O3S/c1-23-22(29)20-6-4-17(13-25-20)27-10-8-16-12-26-28(21(16)14-27)32(30,31)18-5-7-19-15(11-18)3-2-9-24-19/h2-7,9,11-13H,8,10,14H2,1H3,(H,23,29). The summed E-state index contributed by atoms with van der Waals surface area (Å²) >= 11 is 0. The minimum absolute atomic E-state index is 0.164. The lowest BCUT2D eigenvalue weighted by Crippen LogP contribution is -2.33. The van der Waals surface area contributed by atoms with Gasteiger partial charge in [0, 0.05) is 25.2 Å². The third kappa shape index (κ3) is 3.38. The minimum atomic E-state index is -3.87. The van der Waals surface area contributed by atoms with Crippen LogP contribution >= 0.6 is 0 Å². The SMILES string of the molecule is CNC(=O)c1ccc(N2CCc3cnn(S(=O)(=O)c4ccc5ncccc5c4)c3C2)cn1. The van der Waals surface area contributed by atoms with E-state index in [1.165, 1.54) is 0 Å². The zero-order chi connectivity index (χ0) is 22.3. The van der Waals surface area contributed by atoms with Crippen molar-refractivity contribution in [2.75, 3.05) is 18.5 Å². The topological polar surface area (TPSA) is 110 Å². The number of carbonyl (C=O) groups excluding carboxylic acids is 1. The van der Waals surface area contributed by atoms with E-state index in [9.17, 15) is 13.2 Å². The van der Waals surface area contributed by atoms with E-state index in [2.05, 4.69) is 20.4 Å². The number of amides is 1. The summed E-state index contributed by atoms with van der Waals surface area (Å²) in [6, 6.07) is 11.9. The molecular weight excluding hydrogens is 428 g/mol. The first-order chi connectivity index (χ1) is 15.5. The van der Waals surface area contributed by atoms with Crippen LogP contribution in [0.1, 0.15) is 21.7 Å². The van der Waals surface area contributed by atoms with Gasteiger partial charge in [-0.1, -0.05) is 6.07 Å². The van der Waals surface area contributed by atoms with Crippen LogP contribution in [0.4, 0.5) is 5.69 Å². The monoisotopic (exact) mass is 448 g/mol. The number of anilines is 1. The Morgan fingerprint density at radius 3 is 2.75 bits per heavy atom. The van der Waals surface area contributed by atoms with Crippen LogP contribution < -0.4 is 10.2 Å². The van der Waals surface area contributed by atoms with E-state index in [1.807, 2.05) is 17.0 Å². The predicted octanol–water partition coefficient (Wildman–Crippen LogP) is 1.99. The first kappa shape index (κ1) is 20.1. The number of rotatable bonds is 4. The van der Waals surface area contributed by atoms with E-state index in [-0.39, 0.29) is 10.8 Å². The molecule has 1 aliphatic rings. The fourth-order valence-electron chi connectivity index (χ4n) is 3.85. The van der Waals surface area contributed by atoms with E-state index in [0.29, 0.717) is 30.9 Å². The second-order valence-corrected chi connectivity index (χ2v) is 9.24. The molecule has 0 spiro atoms. The number of carbonyl (C=O) groups is 1. The number of nitrogens with zero attached hydrogens (tertiary/aromatic N) is 5. The van der Waals surface area contributed by atoms with Crippen LogP contribution in [0.2, 0.25) is 0 Å². The quantitative estimate of drug-likeness (QED) is 0.508. The van der Waals surface area contributed by atoms with Gasteiger partial charge in [-0.05, 0) is 48.4 Å². The summed E-state index contributed by atoms with van der Waals surface area (Å²) in [4.78, 5) is 22.4. The number of hydrogen-bond donors (Lipinski definition) is 1. The van der Waals surface area contributed by atoms with Crippen LogP contribution in [0.5, 0.6) is 0 Å². The van der Waals surface area contributed by atoms with E-state index in [4.69, 9.17) is 0 Å². The molecule has 0 atom stereocenters. The molecule has 0 fully saturated rings. The van der Waals surface area contributed by atoms with Gasteiger partial charge in [-0.3, -0.25) is 9.78 Å². The first-order valence-electron chi connectivity index (χ1n) is 10.1. The summed E-state index contributed by atoms with van der Waals surface area (Å²) in [7, 11) is -2.32. The van der Waals surface area contributed by atoms with Gasteiger partial charge in [0.05, 0.1) is 40.7 Å². The fourth-order valence-corrected chi connectivity index (χ4v) is 5.20. The normalized spacial score (nSPS) is 13.7. The van der Waals surface area contributed by atoms with Crippen molar-refractivity contribution in [3.05, 3.63) is 78.0 Å². The molecule has 0 bridgehead atoms. The van der Waals surface area contributed by atoms with Gasteiger partial charge in [0.2, 0.25) is 0 Å². The summed E-state index contributed by atoms with van der Waals surface area (Å²) < 4.78 is 27.9. The maximum atomic E-state index is 13.4. The van der Waals surface area contributed by atoms with E-state index in [1.54, 1.807) is 56.0 Å². The number of aromatic nitrogens is 4. The predicted molar refractivity (Wildman–Crippen MR) is 119 cm³/mol. The van der Waals surface area contributed by atoms with Crippen molar-refractivity contribution in [1.82, 2.24) is 24.5 Å². The number of nitrogens with one attached hydrogen (secondary N) is 1. The number of pyridine rings is 2. The Bertz CT molecular complexity index is 1430. The summed E-state index contributed by atoms with van der Waals surface area (Å²) in [5.74, 6) is -0.257. The highest BCUT2D eigenvalue weighted by Gasteiger charge is 2.28. The molecule has 1 amide bonds. The molecule has 1 aliphatic heterocycles. The number of hydrogen-bond acceptors (Lipinski definition) is 7. The van der Waals surface area contributed by atoms with Crippen molar-refractivity contribution in [3.63, 3.8) is 0 Å². The fraction of sp³-hybridized carbons (Fsp3) is 0.182. The molecule has 0 saturated heterocycles. The molecule has 0 radical (unpaired) electrons. The molecule has 5 rings (SSSR count). The molecule has 0 saturated carbocycles. The molecule has 32 heavy (non-hydrogen) atoms. The summed E-state index contributed by atoms with van der Waals surface area (Å²) in [5, 5.41) is 7.51. The second-order valence-electron chi connectivity index (χ2n) is 7.47. The van der Waals surface area contributed by atoms with Crippen molar-refractivity contribution in [1.29, 1.82) is 0 Å². The molecular formula is C22H20N6O3S. The Morgan fingerprint density at radius 2 is 1.97 bits per heavy atom. The van der Waals surface area contributed by atoms with Crippen LogP contribution in [0.3, 0.4) is 0 Å². The Balaban J connectivity index is 1.47. The molecule has 9 nitrogen and oxygen atoms in total. The van der Waals surface area contributed by atoms with Crippen LogP contribution in [-0.2, 0) is 23.0 Å². The highest BCUT2D eigenvalue weighted by Crippen LogP contribution is 2.27. The average Bonchev–Trinajstić information content (AvgIpc) is 3.27. The van der Waals surface area contributed by atoms with Gasteiger partial charge >= 0.3 is 0 Å². The molecule has 0 aliphatic carbocycles. The maximum absolute atomic E-state index is 13.4. The minimum Gasteiger partial charge on any atom is -0.364 e. The van der Waals surface area contributed by atoms with Gasteiger partial charge in [-0.15, -0.1) is 0 Å². The largest absolute Gasteiger partial charge is 0.364 e. The van der Waals surface area contributed by atoms with Gasteiger partial charge in [0.25, 0.3) is 15.9 Å². The Morgan fingerprint density at radius 1 is 1.09 bits per heavy atom. The van der Waals surface area contributed by atoms with Crippen molar-refractivity contribution in [2.24, 2.45) is 0 Å². The summed E-state index contributed by atoms with van der Waals surface area (Å²) in [6.07, 6.45) is 5.58. The van der Waals surface area contributed by atoms with Crippen molar-refractivity contribution >= 4 is 32.5 Å². The first-order valence-corrected chi connectivity index (χ1v) is 11.5. The van der Waals surface area contributed by atoms with E-state index < -0.39 is 10.0 Å². The lowest BCUT2D eigenvalue weighted by molar-refractivity contribution is 0.0958. The summed E-state index contributed by atoms with van der Waals surface area (Å²) in [5.41, 5.74) is 3.39. The van der Waals surface area contributed by atoms with Gasteiger partial charge < -0.3 is 10.2 Å². The molecule has 162 valence electrons. The highest BCUT2D eigenvalue weighted by atomic mass is 32.2. The maximum Gasteiger partial charge on any atom is 0.283 e. The smallest absolute Gasteiger partial charge is 0.283 e. The molecule has 1 aromatic carbocycles. The average molecular weight is 449 g/mol. The van der Waals surface area contributed by atoms with Gasteiger partial charge in [-0.25, -0.2) is 4.98 Å². The molecule has 4 heterocycles. The molecule has 0 unspecified atom stereocenters. The summed E-state index contributed by atoms with van der Waals surface area (Å²) in [6.45, 7) is 1.06. The third-order valence-electron chi connectivity index (χ3n) is 5.58. The zero-order valence-corrected chi connectivity index (χ0v) is 18.1. The van der Waals surface area contributed by atoms with Crippen LogP contribution in [0.25, 0.3) is 10.9 Å². The van der Waals surface area contributed by atoms with E-state index >= 15 is 0 Å². The van der Waals surface area contributed by atoms with Crippen LogP contribution in [-0.4, -0.2) is 47.1 Å². The lowest BCUT2D eigenvalue weighted by Gasteiger charge is -2.29. The highest BCUT2D eigenvalue weighted by molar-refractivity contribution is 7.89. The second kappa shape index (κ2) is 7.72.